The zero-order valence-electron chi connectivity index (χ0n) is 22.5. The van der Waals surface area contributed by atoms with Crippen LogP contribution in [0.5, 0.6) is 11.5 Å². The van der Waals surface area contributed by atoms with E-state index in [0.29, 0.717) is 36.3 Å². The molecule has 1 saturated heterocycles. The monoisotopic (exact) mass is 528 g/mol. The highest BCUT2D eigenvalue weighted by molar-refractivity contribution is 6.21. The molecule has 7 nitrogen and oxygen atoms in total. The molecule has 0 radical (unpaired) electrons. The second kappa shape index (κ2) is 8.31. The molecule has 2 saturated carbocycles. The molecule has 7 heteroatoms. The van der Waals surface area contributed by atoms with Gasteiger partial charge in [-0.05, 0) is 81.2 Å². The molecule has 3 heterocycles. The number of likely N-dealkylation sites (tertiary alicyclic amines) is 1. The molecule has 5 atom stereocenters. The summed E-state index contributed by atoms with van der Waals surface area (Å²) in [6, 6.07) is 10.8. The van der Waals surface area contributed by atoms with Gasteiger partial charge in [0, 0.05) is 18.2 Å². The largest absolute Gasteiger partial charge is 0.490 e. The zero-order chi connectivity index (χ0) is 26.5. The number of rotatable bonds is 7. The van der Waals surface area contributed by atoms with Crippen molar-refractivity contribution >= 4 is 11.8 Å². The standard InChI is InChI=1S/C32H36N2O5/c1-2-3-16-38-24-11-10-20-17-25-32(37)13-12-23(34-29(35)21-6-4-5-7-22(21)30(34)36)28-31(32,26(20)27(24)39-28)14-15-33(25)18-19-8-9-19/h4-7,10-11,19,23,25,28,37H,2-3,8-9,12-18H2,1H3/t23-,25-,28+,31+,32-/m1/s1. The Balaban J connectivity index is 1.25. The minimum absolute atomic E-state index is 0.00591. The van der Waals surface area contributed by atoms with Crippen molar-refractivity contribution in [2.45, 2.75) is 87.5 Å². The first-order valence-electron chi connectivity index (χ1n) is 14.9. The molecule has 3 aliphatic heterocycles. The van der Waals surface area contributed by atoms with E-state index >= 15 is 0 Å². The Bertz CT molecular complexity index is 1350. The predicted molar refractivity (Wildman–Crippen MR) is 144 cm³/mol. The van der Waals surface area contributed by atoms with E-state index in [0.717, 1.165) is 56.0 Å². The number of hydrogen-bond acceptors (Lipinski definition) is 6. The molecule has 39 heavy (non-hydrogen) atoms. The number of aliphatic hydroxyl groups is 1. The van der Waals surface area contributed by atoms with Gasteiger partial charge in [-0.3, -0.25) is 19.4 Å². The summed E-state index contributed by atoms with van der Waals surface area (Å²) < 4.78 is 13.2. The molecule has 8 rings (SSSR count). The van der Waals surface area contributed by atoms with Crippen molar-refractivity contribution in [1.82, 2.24) is 9.80 Å². The number of amides is 2. The quantitative estimate of drug-likeness (QED) is 0.431. The van der Waals surface area contributed by atoms with Crippen LogP contribution in [0, 0.1) is 5.92 Å². The van der Waals surface area contributed by atoms with Gasteiger partial charge in [0.05, 0.1) is 34.8 Å². The van der Waals surface area contributed by atoms with Gasteiger partial charge in [-0.25, -0.2) is 0 Å². The Morgan fingerprint density at radius 2 is 1.82 bits per heavy atom. The van der Waals surface area contributed by atoms with Crippen LogP contribution >= 0.6 is 0 Å². The summed E-state index contributed by atoms with van der Waals surface area (Å²) >= 11 is 0. The second-order valence-electron chi connectivity index (χ2n) is 12.6. The van der Waals surface area contributed by atoms with Crippen LogP contribution in [0.1, 0.15) is 83.7 Å². The van der Waals surface area contributed by atoms with Crippen LogP contribution in [-0.4, -0.2) is 70.2 Å². The molecular weight excluding hydrogens is 492 g/mol. The molecule has 6 aliphatic rings. The fraction of sp³-hybridized carbons (Fsp3) is 0.562. The fourth-order valence-corrected chi connectivity index (χ4v) is 8.66. The summed E-state index contributed by atoms with van der Waals surface area (Å²) in [7, 11) is 0. The first-order valence-corrected chi connectivity index (χ1v) is 14.9. The molecule has 2 bridgehead atoms. The average Bonchev–Trinajstić information content (AvgIpc) is 3.63. The number of unbranched alkanes of at least 4 members (excludes halogenated alkanes) is 1. The van der Waals surface area contributed by atoms with E-state index in [1.54, 1.807) is 24.3 Å². The molecule has 3 aliphatic carbocycles. The van der Waals surface area contributed by atoms with Crippen molar-refractivity contribution in [3.8, 4) is 11.5 Å². The van der Waals surface area contributed by atoms with E-state index in [9.17, 15) is 14.7 Å². The van der Waals surface area contributed by atoms with Gasteiger partial charge in [0.2, 0.25) is 0 Å². The lowest BCUT2D eigenvalue weighted by Crippen LogP contribution is -2.78. The van der Waals surface area contributed by atoms with Crippen LogP contribution in [0.15, 0.2) is 36.4 Å². The van der Waals surface area contributed by atoms with Gasteiger partial charge in [-0.2, -0.15) is 0 Å². The van der Waals surface area contributed by atoms with Crippen molar-refractivity contribution in [2.75, 3.05) is 19.7 Å². The number of ether oxygens (including phenoxy) is 2. The van der Waals surface area contributed by atoms with E-state index in [-0.39, 0.29) is 17.9 Å². The van der Waals surface area contributed by atoms with Crippen LogP contribution in [-0.2, 0) is 11.8 Å². The number of piperidine rings is 1. The molecule has 3 fully saturated rings. The second-order valence-corrected chi connectivity index (χ2v) is 12.6. The van der Waals surface area contributed by atoms with Crippen LogP contribution < -0.4 is 9.47 Å². The Morgan fingerprint density at radius 1 is 1.05 bits per heavy atom. The lowest BCUT2D eigenvalue weighted by Gasteiger charge is -2.64. The number of carbonyl (C=O) groups excluding carboxylic acids is 2. The summed E-state index contributed by atoms with van der Waals surface area (Å²) in [6.07, 6.45) is 6.63. The maximum Gasteiger partial charge on any atom is 0.261 e. The van der Waals surface area contributed by atoms with Crippen LogP contribution in [0.2, 0.25) is 0 Å². The van der Waals surface area contributed by atoms with Crippen molar-refractivity contribution in [2.24, 2.45) is 5.92 Å². The summed E-state index contributed by atoms with van der Waals surface area (Å²) in [5.74, 6) is 1.68. The minimum atomic E-state index is -0.986. The summed E-state index contributed by atoms with van der Waals surface area (Å²) in [6.45, 7) is 4.67. The summed E-state index contributed by atoms with van der Waals surface area (Å²) in [5.41, 5.74) is 1.55. The van der Waals surface area contributed by atoms with Crippen molar-refractivity contribution in [3.63, 3.8) is 0 Å². The smallest absolute Gasteiger partial charge is 0.261 e. The van der Waals surface area contributed by atoms with E-state index in [1.807, 2.05) is 6.07 Å². The highest BCUT2D eigenvalue weighted by Crippen LogP contribution is 2.66. The fourth-order valence-electron chi connectivity index (χ4n) is 8.66. The topological polar surface area (TPSA) is 79.3 Å². The predicted octanol–water partition coefficient (Wildman–Crippen LogP) is 4.09. The number of imide groups is 1. The third kappa shape index (κ3) is 3.06. The number of nitrogens with zero attached hydrogens (tertiary/aromatic N) is 2. The summed E-state index contributed by atoms with van der Waals surface area (Å²) in [5, 5.41) is 12.8. The van der Waals surface area contributed by atoms with E-state index < -0.39 is 23.2 Å². The Kier molecular flexibility index (Phi) is 5.10. The van der Waals surface area contributed by atoms with E-state index in [2.05, 4.69) is 17.9 Å². The molecule has 1 N–H and O–H groups in total. The lowest BCUT2D eigenvalue weighted by atomic mass is 9.48. The maximum absolute atomic E-state index is 13.7. The third-order valence-corrected chi connectivity index (χ3v) is 10.6. The van der Waals surface area contributed by atoms with Gasteiger partial charge in [0.25, 0.3) is 11.8 Å². The first-order chi connectivity index (χ1) is 19.0. The lowest BCUT2D eigenvalue weighted by molar-refractivity contribution is -0.196. The van der Waals surface area contributed by atoms with Crippen LogP contribution in [0.25, 0.3) is 0 Å². The Morgan fingerprint density at radius 3 is 2.54 bits per heavy atom. The van der Waals surface area contributed by atoms with E-state index in [1.165, 1.54) is 23.3 Å². The van der Waals surface area contributed by atoms with Gasteiger partial charge >= 0.3 is 0 Å². The Hall–Kier alpha value is -2.90. The highest BCUT2D eigenvalue weighted by Gasteiger charge is 2.74. The normalized spacial score (nSPS) is 34.1. The highest BCUT2D eigenvalue weighted by atomic mass is 16.5. The van der Waals surface area contributed by atoms with Crippen molar-refractivity contribution in [3.05, 3.63) is 58.7 Å². The summed E-state index contributed by atoms with van der Waals surface area (Å²) in [4.78, 5) is 31.3. The molecular formula is C32H36N2O5. The molecule has 204 valence electrons. The molecule has 2 aromatic carbocycles. The number of fused-ring (bicyclic) bond motifs is 1. The molecule has 2 amide bonds. The van der Waals surface area contributed by atoms with Crippen LogP contribution in [0.3, 0.4) is 0 Å². The third-order valence-electron chi connectivity index (χ3n) is 10.6. The minimum Gasteiger partial charge on any atom is -0.490 e. The van der Waals surface area contributed by atoms with Gasteiger partial charge < -0.3 is 14.6 Å². The van der Waals surface area contributed by atoms with Gasteiger partial charge in [-0.15, -0.1) is 0 Å². The first kappa shape index (κ1) is 23.9. The number of carbonyl (C=O) groups is 2. The number of benzene rings is 2. The van der Waals surface area contributed by atoms with Crippen LogP contribution in [0.4, 0.5) is 0 Å². The average molecular weight is 529 g/mol. The van der Waals surface area contributed by atoms with E-state index in [4.69, 9.17) is 9.47 Å². The van der Waals surface area contributed by atoms with Crippen molar-refractivity contribution in [1.29, 1.82) is 0 Å². The molecule has 2 aromatic rings. The number of hydrogen-bond donors (Lipinski definition) is 1. The maximum atomic E-state index is 13.7. The SMILES string of the molecule is CCCCOc1ccc2c3c1O[C@H]1[C@H](N4C(=O)c5ccccc5C4=O)CC[C@@]4(O)[C@@H](C2)N(CC2CC2)CC[C@]314. The van der Waals surface area contributed by atoms with Gasteiger partial charge in [-0.1, -0.05) is 31.5 Å². The molecule has 1 spiro atoms. The molecule has 0 aromatic heterocycles. The van der Waals surface area contributed by atoms with Gasteiger partial charge in [0.15, 0.2) is 11.5 Å². The van der Waals surface area contributed by atoms with Crippen molar-refractivity contribution < 1.29 is 24.2 Å². The zero-order valence-corrected chi connectivity index (χ0v) is 22.5. The molecule has 0 unspecified atom stereocenters. The van der Waals surface area contributed by atoms with Gasteiger partial charge in [0.1, 0.15) is 6.10 Å². The Labute approximate surface area is 229 Å².